The molecule has 0 spiro atoms. The average molecular weight is 236 g/mol. The summed E-state index contributed by atoms with van der Waals surface area (Å²) < 4.78 is 10.8. The highest BCUT2D eigenvalue weighted by molar-refractivity contribution is 5.44. The predicted octanol–water partition coefficient (Wildman–Crippen LogP) is 2.47. The third kappa shape index (κ3) is 2.99. The highest BCUT2D eigenvalue weighted by Crippen LogP contribution is 2.36. The van der Waals surface area contributed by atoms with Crippen molar-refractivity contribution in [3.8, 4) is 5.75 Å². The third-order valence-corrected chi connectivity index (χ3v) is 3.20. The molecule has 0 saturated heterocycles. The van der Waals surface area contributed by atoms with E-state index in [-0.39, 0.29) is 6.10 Å². The van der Waals surface area contributed by atoms with Gasteiger partial charge in [-0.3, -0.25) is 0 Å². The average Bonchev–Trinajstić information content (AvgIpc) is 2.72. The second-order valence-corrected chi connectivity index (χ2v) is 4.43. The normalized spacial score (nSPS) is 18.1. The highest BCUT2D eigenvalue weighted by Gasteiger charge is 2.22. The third-order valence-electron chi connectivity index (χ3n) is 3.20. The molecular weight excluding hydrogens is 216 g/mol. The Balaban J connectivity index is 1.89. The van der Waals surface area contributed by atoms with Crippen molar-refractivity contribution < 1.29 is 14.6 Å². The van der Waals surface area contributed by atoms with Gasteiger partial charge in [0.15, 0.2) is 0 Å². The van der Waals surface area contributed by atoms with Crippen LogP contribution in [0, 0.1) is 0 Å². The van der Waals surface area contributed by atoms with Crippen molar-refractivity contribution in [2.45, 2.75) is 31.8 Å². The second-order valence-electron chi connectivity index (χ2n) is 4.43. The van der Waals surface area contributed by atoms with Gasteiger partial charge in [0.05, 0.1) is 12.7 Å². The quantitative estimate of drug-likeness (QED) is 0.771. The molecule has 0 saturated carbocycles. The van der Waals surface area contributed by atoms with E-state index in [9.17, 15) is 5.11 Å². The molecule has 1 unspecified atom stereocenters. The molecule has 0 amide bonds. The Morgan fingerprint density at radius 2 is 2.12 bits per heavy atom. The first-order chi connectivity index (χ1) is 8.33. The van der Waals surface area contributed by atoms with Crippen LogP contribution >= 0.6 is 0 Å². The van der Waals surface area contributed by atoms with E-state index in [1.165, 1.54) is 5.56 Å². The fourth-order valence-corrected chi connectivity index (χ4v) is 2.26. The number of methoxy groups -OCH3 is 1. The number of aliphatic hydroxyl groups excluding tert-OH is 1. The summed E-state index contributed by atoms with van der Waals surface area (Å²) in [4.78, 5) is 0. The largest absolute Gasteiger partial charge is 0.493 e. The van der Waals surface area contributed by atoms with E-state index in [2.05, 4.69) is 0 Å². The number of benzene rings is 1. The van der Waals surface area contributed by atoms with E-state index in [4.69, 9.17) is 9.47 Å². The Morgan fingerprint density at radius 3 is 2.94 bits per heavy atom. The summed E-state index contributed by atoms with van der Waals surface area (Å²) in [5, 5.41) is 9.78. The number of aliphatic hydroxyl groups is 1. The summed E-state index contributed by atoms with van der Waals surface area (Å²) >= 11 is 0. The molecule has 0 aromatic heterocycles. The number of fused-ring (bicyclic) bond motifs is 1. The number of hydrogen-bond donors (Lipinski definition) is 1. The molecule has 3 nitrogen and oxygen atoms in total. The van der Waals surface area contributed by atoms with Crippen molar-refractivity contribution in [3.63, 3.8) is 0 Å². The summed E-state index contributed by atoms with van der Waals surface area (Å²) in [6, 6.07) is 5.94. The lowest BCUT2D eigenvalue weighted by molar-refractivity contribution is 0.180. The van der Waals surface area contributed by atoms with Crippen LogP contribution in [0.25, 0.3) is 0 Å². The van der Waals surface area contributed by atoms with Crippen LogP contribution in [0.15, 0.2) is 18.2 Å². The molecule has 1 aliphatic carbocycles. The molecule has 3 heteroatoms. The van der Waals surface area contributed by atoms with Gasteiger partial charge in [-0.25, -0.2) is 0 Å². The first-order valence-corrected chi connectivity index (χ1v) is 6.24. The molecule has 0 fully saturated rings. The van der Waals surface area contributed by atoms with Crippen LogP contribution in [0.5, 0.6) is 5.75 Å². The maximum Gasteiger partial charge on any atom is 0.122 e. The monoisotopic (exact) mass is 236 g/mol. The molecule has 17 heavy (non-hydrogen) atoms. The van der Waals surface area contributed by atoms with Crippen LogP contribution in [0.1, 0.15) is 36.5 Å². The minimum atomic E-state index is -0.304. The van der Waals surface area contributed by atoms with Crippen LogP contribution in [0.2, 0.25) is 0 Å². The first kappa shape index (κ1) is 12.4. The van der Waals surface area contributed by atoms with Crippen molar-refractivity contribution in [3.05, 3.63) is 29.3 Å². The zero-order valence-corrected chi connectivity index (χ0v) is 10.3. The molecule has 0 heterocycles. The number of rotatable bonds is 6. The maximum atomic E-state index is 9.78. The van der Waals surface area contributed by atoms with Crippen LogP contribution in [0.3, 0.4) is 0 Å². The summed E-state index contributed by atoms with van der Waals surface area (Å²) in [7, 11) is 1.71. The number of unbranched alkanes of at least 4 members (excludes halogenated alkanes) is 1. The van der Waals surface area contributed by atoms with Crippen molar-refractivity contribution in [2.24, 2.45) is 0 Å². The fraction of sp³-hybridized carbons (Fsp3) is 0.571. The molecule has 1 aliphatic rings. The molecule has 94 valence electrons. The molecule has 0 radical (unpaired) electrons. The van der Waals surface area contributed by atoms with Gasteiger partial charge in [0.2, 0.25) is 0 Å². The Labute approximate surface area is 102 Å². The minimum absolute atomic E-state index is 0.304. The van der Waals surface area contributed by atoms with Crippen molar-refractivity contribution in [2.75, 3.05) is 20.3 Å². The zero-order chi connectivity index (χ0) is 12.1. The molecular formula is C14H20O3. The van der Waals surface area contributed by atoms with Crippen LogP contribution in [-0.4, -0.2) is 25.4 Å². The van der Waals surface area contributed by atoms with Gasteiger partial charge in [-0.2, -0.15) is 0 Å². The molecule has 0 aliphatic heterocycles. The molecule has 1 N–H and O–H groups in total. The number of hydrogen-bond acceptors (Lipinski definition) is 3. The standard InChI is InChI=1S/C14H20O3/c1-16-9-2-3-10-17-14-6-4-5-11-12(14)7-8-13(11)15/h4-6,13,15H,2-3,7-10H2,1H3. The highest BCUT2D eigenvalue weighted by atomic mass is 16.5. The Hall–Kier alpha value is -1.06. The maximum absolute atomic E-state index is 9.78. The molecule has 1 aromatic rings. The summed E-state index contributed by atoms with van der Waals surface area (Å²) in [6.07, 6.45) is 3.46. The second kappa shape index (κ2) is 6.03. The Morgan fingerprint density at radius 1 is 1.29 bits per heavy atom. The van der Waals surface area contributed by atoms with Gasteiger partial charge in [-0.15, -0.1) is 0 Å². The van der Waals surface area contributed by atoms with Crippen molar-refractivity contribution in [1.29, 1.82) is 0 Å². The first-order valence-electron chi connectivity index (χ1n) is 6.24. The van der Waals surface area contributed by atoms with E-state index in [1.54, 1.807) is 7.11 Å². The van der Waals surface area contributed by atoms with E-state index in [0.29, 0.717) is 0 Å². The van der Waals surface area contributed by atoms with Gasteiger partial charge in [0.25, 0.3) is 0 Å². The van der Waals surface area contributed by atoms with E-state index in [1.807, 2.05) is 18.2 Å². The van der Waals surface area contributed by atoms with Crippen LogP contribution in [0.4, 0.5) is 0 Å². The fourth-order valence-electron chi connectivity index (χ4n) is 2.26. The van der Waals surface area contributed by atoms with Gasteiger partial charge >= 0.3 is 0 Å². The smallest absolute Gasteiger partial charge is 0.122 e. The zero-order valence-electron chi connectivity index (χ0n) is 10.3. The van der Waals surface area contributed by atoms with Crippen molar-refractivity contribution >= 4 is 0 Å². The Bertz CT molecular complexity index is 362. The molecule has 1 aromatic carbocycles. The van der Waals surface area contributed by atoms with E-state index in [0.717, 1.165) is 50.2 Å². The summed E-state index contributed by atoms with van der Waals surface area (Å²) in [6.45, 7) is 1.50. The molecule has 0 bridgehead atoms. The SMILES string of the molecule is COCCCCOc1cccc2c1CCC2O. The van der Waals surface area contributed by atoms with E-state index >= 15 is 0 Å². The summed E-state index contributed by atoms with van der Waals surface area (Å²) in [5.74, 6) is 0.941. The van der Waals surface area contributed by atoms with Crippen molar-refractivity contribution in [1.82, 2.24) is 0 Å². The van der Waals surface area contributed by atoms with Gasteiger partial charge in [-0.05, 0) is 37.3 Å². The van der Waals surface area contributed by atoms with E-state index < -0.39 is 0 Å². The van der Waals surface area contributed by atoms with Gasteiger partial charge in [0.1, 0.15) is 5.75 Å². The molecule has 1 atom stereocenters. The lowest BCUT2D eigenvalue weighted by Gasteiger charge is -2.11. The topological polar surface area (TPSA) is 38.7 Å². The lowest BCUT2D eigenvalue weighted by atomic mass is 10.1. The predicted molar refractivity (Wildman–Crippen MR) is 66.3 cm³/mol. The Kier molecular flexibility index (Phi) is 4.40. The van der Waals surface area contributed by atoms with Gasteiger partial charge in [-0.1, -0.05) is 12.1 Å². The van der Waals surface area contributed by atoms with Gasteiger partial charge < -0.3 is 14.6 Å². The van der Waals surface area contributed by atoms with Crippen LogP contribution < -0.4 is 4.74 Å². The van der Waals surface area contributed by atoms with Crippen LogP contribution in [-0.2, 0) is 11.2 Å². The number of ether oxygens (including phenoxy) is 2. The lowest BCUT2D eigenvalue weighted by Crippen LogP contribution is -2.02. The molecule has 2 rings (SSSR count). The summed E-state index contributed by atoms with van der Waals surface area (Å²) in [5.41, 5.74) is 2.23. The minimum Gasteiger partial charge on any atom is -0.493 e. The van der Waals surface area contributed by atoms with Gasteiger partial charge in [0, 0.05) is 19.3 Å².